The van der Waals surface area contributed by atoms with Crippen LogP contribution in [0.2, 0.25) is 0 Å². The predicted octanol–water partition coefficient (Wildman–Crippen LogP) is -14.5. The monoisotopic (exact) mass is 702 g/mol. The average molecular weight is 705 g/mol. The Morgan fingerprint density at radius 2 is 0.303 bits per heavy atom. The summed E-state index contributed by atoms with van der Waals surface area (Å²) in [5.41, 5.74) is 35.7. The summed E-state index contributed by atoms with van der Waals surface area (Å²) in [5, 5.41) is 0. The number of hydrogen-bond acceptors (Lipinski definition) is 6. The minimum Gasteiger partial charge on any atom is -1.00 e. The second kappa shape index (κ2) is 94.0. The molecular formula is C12H24Cl6N6O6Ti3. The maximum atomic E-state index is 9.11. The van der Waals surface area contributed by atoms with E-state index in [-0.39, 0.29) is 140 Å². The molecule has 0 unspecified atom stereocenters. The van der Waals surface area contributed by atoms with Crippen molar-refractivity contribution in [2.24, 2.45) is 0 Å². The van der Waals surface area contributed by atoms with E-state index >= 15 is 0 Å². The Labute approximate surface area is 277 Å². The van der Waals surface area contributed by atoms with Gasteiger partial charge in [-0.2, -0.15) is 0 Å². The van der Waals surface area contributed by atoms with E-state index in [9.17, 15) is 0 Å². The Kier molecular flexibility index (Phi) is 293. The van der Waals surface area contributed by atoms with Gasteiger partial charge in [-0.25, -0.2) is 0 Å². The summed E-state index contributed by atoms with van der Waals surface area (Å²) in [4.78, 5) is 54.7. The van der Waals surface area contributed by atoms with Gasteiger partial charge in [0.25, 0.3) is 0 Å². The summed E-state index contributed by atoms with van der Waals surface area (Å²) in [5.74, 6) is -3.50. The predicted molar refractivity (Wildman–Crippen MR) is 90.0 cm³/mol. The van der Waals surface area contributed by atoms with Crippen molar-refractivity contribution in [3.63, 3.8) is 0 Å². The van der Waals surface area contributed by atoms with Gasteiger partial charge in [-0.05, 0) is 41.5 Å². The molecule has 6 amide bonds. The van der Waals surface area contributed by atoms with Crippen LogP contribution >= 0.6 is 0 Å². The number of rotatable bonds is 0. The Bertz CT molecular complexity index is 303. The van der Waals surface area contributed by atoms with Gasteiger partial charge in [0, 0.05) is 35.4 Å². The number of carbonyl (C=O) groups excluding carboxylic acids is 6. The number of hydrogen-bond donors (Lipinski definition) is 0. The van der Waals surface area contributed by atoms with Crippen molar-refractivity contribution in [3.8, 4) is 0 Å². The van der Waals surface area contributed by atoms with Gasteiger partial charge in [0.05, 0.1) is 0 Å². The largest absolute Gasteiger partial charge is 4.00 e. The van der Waals surface area contributed by atoms with E-state index in [1.165, 1.54) is 41.5 Å². The van der Waals surface area contributed by atoms with Gasteiger partial charge in [-0.15, -0.1) is 0 Å². The van der Waals surface area contributed by atoms with Crippen molar-refractivity contribution in [2.45, 2.75) is 41.5 Å². The molecule has 0 fully saturated rings. The summed E-state index contributed by atoms with van der Waals surface area (Å²) >= 11 is 0. The van der Waals surface area contributed by atoms with Crippen LogP contribution in [0, 0.1) is 0 Å². The number of carbonyl (C=O) groups is 6. The molecule has 0 aromatic carbocycles. The standard InChI is InChI=1S/6C2H5NO.6ClH.3Ti/c6*1-2(3)4;;;;;;;;;/h6*1H3,(H2,3,4);6*1H;;;/q;;;;;;;;;;;;3*+4/p-12. The maximum absolute atomic E-state index is 9.11. The molecular weight excluding hydrogens is 680 g/mol. The molecule has 6 N–H and O–H groups in total. The topological polar surface area (TPSA) is 245 Å². The van der Waals surface area contributed by atoms with Crippen molar-refractivity contribution in [1.29, 1.82) is 0 Å². The van der Waals surface area contributed by atoms with Crippen LogP contribution in [0.25, 0.3) is 34.4 Å². The fourth-order valence-electron chi connectivity index (χ4n) is 0. The Balaban J connectivity index is -0.00000000859. The van der Waals surface area contributed by atoms with E-state index in [0.717, 1.165) is 0 Å². The van der Waals surface area contributed by atoms with Gasteiger partial charge in [0.1, 0.15) is 0 Å². The van der Waals surface area contributed by atoms with Crippen molar-refractivity contribution in [3.05, 3.63) is 34.4 Å². The SMILES string of the molecule is CC([NH-])=O.CC([NH-])=O.CC([NH-])=O.CC([NH-])=O.CC([NH-])=O.CC([NH-])=O.[Cl-].[Cl-].[Cl-].[Cl-].[Cl-].[Cl-].[Ti+4].[Ti+4].[Ti+4]. The maximum Gasteiger partial charge on any atom is 4.00 e. The molecule has 0 heterocycles. The summed E-state index contributed by atoms with van der Waals surface area (Å²) in [7, 11) is 0. The van der Waals surface area contributed by atoms with Crippen LogP contribution in [0.4, 0.5) is 0 Å². The molecule has 0 aliphatic rings. The smallest absolute Gasteiger partial charge is 1.00 e. The first-order valence-electron chi connectivity index (χ1n) is 5.72. The molecule has 0 radical (unpaired) electrons. The van der Waals surface area contributed by atoms with Crippen LogP contribution in [-0.2, 0) is 93.9 Å². The van der Waals surface area contributed by atoms with Crippen LogP contribution < -0.4 is 74.4 Å². The van der Waals surface area contributed by atoms with Crippen LogP contribution in [0.1, 0.15) is 41.5 Å². The second-order valence-corrected chi connectivity index (χ2v) is 3.34. The van der Waals surface area contributed by atoms with Gasteiger partial charge < -0.3 is 138 Å². The fourth-order valence-corrected chi connectivity index (χ4v) is 0. The molecule has 192 valence electrons. The number of amides is 6. The van der Waals surface area contributed by atoms with E-state index < -0.39 is 35.4 Å². The van der Waals surface area contributed by atoms with Gasteiger partial charge in [0.2, 0.25) is 0 Å². The molecule has 0 bridgehead atoms. The van der Waals surface area contributed by atoms with Crippen LogP contribution in [0.15, 0.2) is 0 Å². The fraction of sp³-hybridized carbons (Fsp3) is 0.500. The molecule has 0 rings (SSSR count). The molecule has 33 heavy (non-hydrogen) atoms. The molecule has 0 aliphatic heterocycles. The summed E-state index contributed by atoms with van der Waals surface area (Å²) < 4.78 is 0. The molecule has 12 nitrogen and oxygen atoms in total. The third kappa shape index (κ3) is 62400. The van der Waals surface area contributed by atoms with Gasteiger partial charge in [-0.3, -0.25) is 0 Å². The van der Waals surface area contributed by atoms with E-state index in [0.29, 0.717) is 0 Å². The average Bonchev–Trinajstić information content (AvgIpc) is 2.08. The third-order valence-corrected chi connectivity index (χ3v) is 0. The first kappa shape index (κ1) is 103. The molecule has 0 aliphatic carbocycles. The van der Waals surface area contributed by atoms with Crippen LogP contribution in [0.5, 0.6) is 0 Å². The zero-order chi connectivity index (χ0) is 21.5. The molecule has 0 aromatic rings. The number of halogens is 6. The van der Waals surface area contributed by atoms with Gasteiger partial charge >= 0.3 is 65.2 Å². The van der Waals surface area contributed by atoms with Crippen molar-refractivity contribution >= 4 is 35.4 Å². The molecule has 0 saturated carbocycles. The molecule has 0 aromatic heterocycles. The summed E-state index contributed by atoms with van der Waals surface area (Å²) in [6.45, 7) is 7.17. The van der Waals surface area contributed by atoms with E-state index in [2.05, 4.69) is 0 Å². The summed E-state index contributed by atoms with van der Waals surface area (Å²) in [6.07, 6.45) is 0. The third-order valence-electron chi connectivity index (χ3n) is 0. The number of nitrogens with one attached hydrogen (secondary N) is 6. The molecule has 0 atom stereocenters. The molecule has 0 saturated heterocycles. The van der Waals surface area contributed by atoms with Crippen LogP contribution in [0.3, 0.4) is 0 Å². The first-order valence-corrected chi connectivity index (χ1v) is 5.72. The Morgan fingerprint density at radius 1 is 0.303 bits per heavy atom. The van der Waals surface area contributed by atoms with E-state index in [1.54, 1.807) is 0 Å². The first-order chi connectivity index (χ1) is 10.4. The van der Waals surface area contributed by atoms with Crippen molar-refractivity contribution < 1.29 is 168 Å². The minimum absolute atomic E-state index is 0. The van der Waals surface area contributed by atoms with E-state index in [1.807, 2.05) is 0 Å². The second-order valence-electron chi connectivity index (χ2n) is 3.34. The quantitative estimate of drug-likeness (QED) is 0.222. The van der Waals surface area contributed by atoms with Gasteiger partial charge in [-0.1, -0.05) is 0 Å². The molecule has 0 spiro atoms. The van der Waals surface area contributed by atoms with Crippen molar-refractivity contribution in [2.75, 3.05) is 0 Å². The van der Waals surface area contributed by atoms with E-state index in [4.69, 9.17) is 63.2 Å². The zero-order valence-electron chi connectivity index (χ0n) is 18.2. The Hall–Kier alpha value is 0.703. The normalized spacial score (nSPS) is 4.55. The zero-order valence-corrected chi connectivity index (χ0v) is 27.4. The summed E-state index contributed by atoms with van der Waals surface area (Å²) in [6, 6.07) is 0. The minimum atomic E-state index is -0.583. The van der Waals surface area contributed by atoms with Crippen LogP contribution in [-0.4, -0.2) is 35.4 Å². The van der Waals surface area contributed by atoms with Gasteiger partial charge in [0.15, 0.2) is 0 Å². The Morgan fingerprint density at radius 3 is 0.303 bits per heavy atom. The van der Waals surface area contributed by atoms with Crippen molar-refractivity contribution in [1.82, 2.24) is 0 Å². The molecule has 21 heteroatoms.